The number of ether oxygens (including phenoxy) is 1. The average molecular weight is 285 g/mol. The first-order valence-electron chi connectivity index (χ1n) is 5.96. The van der Waals surface area contributed by atoms with Gasteiger partial charge in [-0.3, -0.25) is 0 Å². The van der Waals surface area contributed by atoms with Crippen molar-refractivity contribution in [3.8, 4) is 0 Å². The second-order valence-corrected chi connectivity index (χ2v) is 4.24. The van der Waals surface area contributed by atoms with E-state index in [0.717, 1.165) is 0 Å². The molecular weight excluding hydrogens is 271 g/mol. The number of benzene rings is 1. The monoisotopic (exact) mass is 285 g/mol. The Kier molecular flexibility index (Phi) is 4.46. The predicted molar refractivity (Wildman–Crippen MR) is 66.6 cm³/mol. The molecule has 0 fully saturated rings. The molecule has 1 N–H and O–H groups in total. The summed E-state index contributed by atoms with van der Waals surface area (Å²) in [5.74, 6) is -2.04. The van der Waals surface area contributed by atoms with Crippen LogP contribution in [0.1, 0.15) is 23.1 Å². The van der Waals surface area contributed by atoms with Crippen molar-refractivity contribution >= 4 is 0 Å². The molecule has 0 spiro atoms. The van der Waals surface area contributed by atoms with Crippen molar-refractivity contribution in [3.63, 3.8) is 0 Å². The lowest BCUT2D eigenvalue weighted by Crippen LogP contribution is -2.20. The zero-order chi connectivity index (χ0) is 14.7. The molecule has 0 radical (unpaired) electrons. The molecule has 0 saturated heterocycles. The lowest BCUT2D eigenvalue weighted by atomic mass is 10.0. The van der Waals surface area contributed by atoms with Crippen molar-refractivity contribution in [1.82, 2.24) is 5.32 Å². The first-order chi connectivity index (χ1) is 9.56. The van der Waals surface area contributed by atoms with E-state index >= 15 is 0 Å². The highest BCUT2D eigenvalue weighted by Gasteiger charge is 2.24. The molecule has 1 heterocycles. The summed E-state index contributed by atoms with van der Waals surface area (Å²) in [6.45, 7) is 0.255. The van der Waals surface area contributed by atoms with E-state index in [1.165, 1.54) is 14.2 Å². The maximum Gasteiger partial charge on any atom is 0.134 e. The van der Waals surface area contributed by atoms with Gasteiger partial charge in [-0.25, -0.2) is 13.2 Å². The van der Waals surface area contributed by atoms with Gasteiger partial charge in [-0.05, 0) is 19.2 Å². The fraction of sp³-hybridized carbons (Fsp3) is 0.286. The number of hydrogen-bond donors (Lipinski definition) is 1. The van der Waals surface area contributed by atoms with E-state index in [0.29, 0.717) is 23.7 Å². The molecular formula is C14H14F3NO2. The highest BCUT2D eigenvalue weighted by atomic mass is 19.1. The number of rotatable bonds is 5. The summed E-state index contributed by atoms with van der Waals surface area (Å²) in [4.78, 5) is 0. The highest BCUT2D eigenvalue weighted by molar-refractivity contribution is 5.30. The molecule has 2 rings (SSSR count). The molecule has 0 aliphatic rings. The normalized spacial score (nSPS) is 12.7. The van der Waals surface area contributed by atoms with Crippen LogP contribution >= 0.6 is 0 Å². The third kappa shape index (κ3) is 2.86. The van der Waals surface area contributed by atoms with E-state index < -0.39 is 23.5 Å². The van der Waals surface area contributed by atoms with Crippen LogP contribution in [0.2, 0.25) is 0 Å². The molecule has 2 aromatic rings. The summed E-state index contributed by atoms with van der Waals surface area (Å²) >= 11 is 0. The van der Waals surface area contributed by atoms with Crippen LogP contribution in [0.4, 0.5) is 13.2 Å². The number of methoxy groups -OCH3 is 1. The fourth-order valence-corrected chi connectivity index (χ4v) is 2.03. The average Bonchev–Trinajstić information content (AvgIpc) is 2.82. The smallest absolute Gasteiger partial charge is 0.134 e. The molecule has 6 heteroatoms. The van der Waals surface area contributed by atoms with Crippen LogP contribution in [0.5, 0.6) is 0 Å². The van der Waals surface area contributed by atoms with Crippen LogP contribution in [0.3, 0.4) is 0 Å². The van der Waals surface area contributed by atoms with Crippen LogP contribution in [0.25, 0.3) is 0 Å². The van der Waals surface area contributed by atoms with Crippen molar-refractivity contribution < 1.29 is 22.3 Å². The van der Waals surface area contributed by atoms with Crippen LogP contribution in [0.15, 0.2) is 28.7 Å². The lowest BCUT2D eigenvalue weighted by molar-refractivity contribution is 0.162. The summed E-state index contributed by atoms with van der Waals surface area (Å²) < 4.78 is 50.9. The van der Waals surface area contributed by atoms with Gasteiger partial charge in [-0.1, -0.05) is 0 Å². The maximum absolute atomic E-state index is 13.8. The Labute approximate surface area is 114 Å². The van der Waals surface area contributed by atoms with Crippen LogP contribution in [0, 0.1) is 17.5 Å². The molecule has 0 saturated carbocycles. The Balaban J connectivity index is 2.41. The van der Waals surface area contributed by atoms with Crippen LogP contribution in [-0.2, 0) is 11.3 Å². The van der Waals surface area contributed by atoms with Gasteiger partial charge in [-0.2, -0.15) is 0 Å². The minimum absolute atomic E-state index is 0.255. The molecule has 1 aromatic heterocycles. The topological polar surface area (TPSA) is 34.4 Å². The molecule has 0 bridgehead atoms. The lowest BCUT2D eigenvalue weighted by Gasteiger charge is -2.16. The molecule has 20 heavy (non-hydrogen) atoms. The Morgan fingerprint density at radius 2 is 1.85 bits per heavy atom. The summed E-state index contributed by atoms with van der Waals surface area (Å²) in [6.07, 6.45) is 0. The Bertz CT molecular complexity index is 575. The third-order valence-corrected chi connectivity index (χ3v) is 2.87. The first kappa shape index (κ1) is 14.6. The fourth-order valence-electron chi connectivity index (χ4n) is 2.03. The van der Waals surface area contributed by atoms with Crippen molar-refractivity contribution in [2.24, 2.45) is 0 Å². The quantitative estimate of drug-likeness (QED) is 0.916. The van der Waals surface area contributed by atoms with Gasteiger partial charge in [-0.15, -0.1) is 0 Å². The largest absolute Gasteiger partial charge is 0.462 e. The summed E-state index contributed by atoms with van der Waals surface area (Å²) in [7, 11) is 3.04. The van der Waals surface area contributed by atoms with Gasteiger partial charge < -0.3 is 14.5 Å². The van der Waals surface area contributed by atoms with Crippen molar-refractivity contribution in [2.45, 2.75) is 12.6 Å². The molecule has 108 valence electrons. The summed E-state index contributed by atoms with van der Waals surface area (Å²) in [5, 5.41) is 2.75. The van der Waals surface area contributed by atoms with E-state index in [2.05, 4.69) is 5.32 Å². The molecule has 3 nitrogen and oxygen atoms in total. The standard InChI is InChI=1S/C14H14F3NO2/c1-18-14(12-4-3-9(20-12)7-19-2)13-10(16)5-8(15)6-11(13)17/h3-6,14,18H,7H2,1-2H3. The second-order valence-electron chi connectivity index (χ2n) is 4.24. The van der Waals surface area contributed by atoms with E-state index in [-0.39, 0.29) is 12.2 Å². The maximum atomic E-state index is 13.8. The zero-order valence-electron chi connectivity index (χ0n) is 11.0. The van der Waals surface area contributed by atoms with Crippen LogP contribution in [-0.4, -0.2) is 14.2 Å². The van der Waals surface area contributed by atoms with E-state index in [4.69, 9.17) is 9.15 Å². The van der Waals surface area contributed by atoms with E-state index in [1.807, 2.05) is 0 Å². The minimum Gasteiger partial charge on any atom is -0.462 e. The Hall–Kier alpha value is -1.79. The van der Waals surface area contributed by atoms with E-state index in [1.54, 1.807) is 12.1 Å². The van der Waals surface area contributed by atoms with Gasteiger partial charge in [0.15, 0.2) is 0 Å². The highest BCUT2D eigenvalue weighted by Crippen LogP contribution is 2.28. The van der Waals surface area contributed by atoms with Gasteiger partial charge in [0.25, 0.3) is 0 Å². The number of hydrogen-bond acceptors (Lipinski definition) is 3. The summed E-state index contributed by atoms with van der Waals surface area (Å²) in [6, 6.07) is 3.69. The van der Waals surface area contributed by atoms with Crippen molar-refractivity contribution in [2.75, 3.05) is 14.2 Å². The third-order valence-electron chi connectivity index (χ3n) is 2.87. The zero-order valence-corrected chi connectivity index (χ0v) is 11.0. The summed E-state index contributed by atoms with van der Waals surface area (Å²) in [5.41, 5.74) is -0.285. The molecule has 1 unspecified atom stereocenters. The van der Waals surface area contributed by atoms with Gasteiger partial charge in [0.1, 0.15) is 35.6 Å². The van der Waals surface area contributed by atoms with Gasteiger partial charge in [0.05, 0.1) is 6.04 Å². The van der Waals surface area contributed by atoms with Crippen molar-refractivity contribution in [1.29, 1.82) is 0 Å². The van der Waals surface area contributed by atoms with Gasteiger partial charge >= 0.3 is 0 Å². The van der Waals surface area contributed by atoms with Crippen molar-refractivity contribution in [3.05, 3.63) is 58.8 Å². The second kappa shape index (κ2) is 6.11. The number of furan rings is 1. The van der Waals surface area contributed by atoms with Gasteiger partial charge in [0.2, 0.25) is 0 Å². The van der Waals surface area contributed by atoms with E-state index in [9.17, 15) is 13.2 Å². The number of nitrogens with one attached hydrogen (secondary N) is 1. The molecule has 0 aliphatic carbocycles. The first-order valence-corrected chi connectivity index (χ1v) is 5.96. The Morgan fingerprint density at radius 1 is 1.20 bits per heavy atom. The molecule has 1 aromatic carbocycles. The van der Waals surface area contributed by atoms with Crippen LogP contribution < -0.4 is 5.32 Å². The SMILES string of the molecule is CNC(c1ccc(COC)o1)c1c(F)cc(F)cc1F. The van der Waals surface area contributed by atoms with Gasteiger partial charge in [0, 0.05) is 24.8 Å². The molecule has 1 atom stereocenters. The minimum atomic E-state index is -0.966. The predicted octanol–water partition coefficient (Wildman–Crippen LogP) is 3.15. The molecule has 0 aliphatic heterocycles. The Morgan fingerprint density at radius 3 is 2.40 bits per heavy atom. The number of halogens is 3. The molecule has 0 amide bonds.